The molecule has 1 aliphatic heterocycles. The zero-order valence-electron chi connectivity index (χ0n) is 11.8. The Morgan fingerprint density at radius 2 is 1.82 bits per heavy atom. The second-order valence-electron chi connectivity index (χ2n) is 5.13. The third-order valence-corrected chi connectivity index (χ3v) is 3.57. The van der Waals surface area contributed by atoms with E-state index in [1.807, 2.05) is 0 Å². The van der Waals surface area contributed by atoms with Crippen LogP contribution >= 0.6 is 0 Å². The van der Waals surface area contributed by atoms with Crippen molar-refractivity contribution in [1.29, 1.82) is 0 Å². The van der Waals surface area contributed by atoms with E-state index in [-0.39, 0.29) is 6.61 Å². The first kappa shape index (κ1) is 16.5. The molecule has 1 unspecified atom stereocenters. The van der Waals surface area contributed by atoms with E-state index < -0.39 is 23.8 Å². The van der Waals surface area contributed by atoms with Gasteiger partial charge in [0.05, 0.1) is 5.56 Å². The summed E-state index contributed by atoms with van der Waals surface area (Å²) in [5.41, 5.74) is -0.321. The number of aldehydes is 1. The number of nitrogens with zero attached hydrogens (tertiary/aromatic N) is 1. The van der Waals surface area contributed by atoms with Crippen LogP contribution < -0.4 is 0 Å². The molecule has 1 aliphatic rings. The first-order chi connectivity index (χ1) is 10.4. The minimum Gasteiger partial charge on any atom is -0.459 e. The highest BCUT2D eigenvalue weighted by Gasteiger charge is 2.30. The molecule has 4 nitrogen and oxygen atoms in total. The highest BCUT2D eigenvalue weighted by molar-refractivity contribution is 5.92. The van der Waals surface area contributed by atoms with Gasteiger partial charge in [-0.3, -0.25) is 4.90 Å². The maximum absolute atomic E-state index is 12.4. The van der Waals surface area contributed by atoms with Gasteiger partial charge in [-0.25, -0.2) is 4.79 Å². The SMILES string of the molecule is O=CC(C(=O)OCc1ccc(C(F)(F)F)cc1)N1CCCC1. The van der Waals surface area contributed by atoms with Crippen molar-refractivity contribution in [2.24, 2.45) is 0 Å². The molecule has 0 amide bonds. The van der Waals surface area contributed by atoms with E-state index in [1.54, 1.807) is 4.90 Å². The van der Waals surface area contributed by atoms with Crippen LogP contribution in [-0.4, -0.2) is 36.3 Å². The molecule has 1 fully saturated rings. The van der Waals surface area contributed by atoms with Crippen LogP contribution in [0.25, 0.3) is 0 Å². The topological polar surface area (TPSA) is 46.6 Å². The van der Waals surface area contributed by atoms with Crippen molar-refractivity contribution in [2.75, 3.05) is 13.1 Å². The second kappa shape index (κ2) is 6.91. The van der Waals surface area contributed by atoms with Crippen molar-refractivity contribution < 1.29 is 27.5 Å². The molecular formula is C15H16F3NO3. The van der Waals surface area contributed by atoms with Crippen LogP contribution in [0.3, 0.4) is 0 Å². The number of carbonyl (C=O) groups is 2. The molecule has 1 heterocycles. The summed E-state index contributed by atoms with van der Waals surface area (Å²) < 4.78 is 42.3. The molecule has 2 rings (SSSR count). The maximum atomic E-state index is 12.4. The number of hydrogen-bond acceptors (Lipinski definition) is 4. The quantitative estimate of drug-likeness (QED) is 0.476. The van der Waals surface area contributed by atoms with Gasteiger partial charge in [-0.2, -0.15) is 13.2 Å². The van der Waals surface area contributed by atoms with Gasteiger partial charge in [-0.1, -0.05) is 12.1 Å². The molecule has 0 radical (unpaired) electrons. The fourth-order valence-corrected chi connectivity index (χ4v) is 2.34. The Balaban J connectivity index is 1.91. The largest absolute Gasteiger partial charge is 0.459 e. The lowest BCUT2D eigenvalue weighted by atomic mass is 10.1. The summed E-state index contributed by atoms with van der Waals surface area (Å²) in [4.78, 5) is 24.7. The van der Waals surface area contributed by atoms with Crippen molar-refractivity contribution in [3.05, 3.63) is 35.4 Å². The summed E-state index contributed by atoms with van der Waals surface area (Å²) in [6.45, 7) is 1.17. The molecule has 0 saturated carbocycles. The fourth-order valence-electron chi connectivity index (χ4n) is 2.34. The molecule has 0 N–H and O–H groups in total. The number of halogens is 3. The summed E-state index contributed by atoms with van der Waals surface area (Å²) in [6, 6.07) is 3.43. The smallest absolute Gasteiger partial charge is 0.416 e. The van der Waals surface area contributed by atoms with Crippen molar-refractivity contribution in [3.8, 4) is 0 Å². The monoisotopic (exact) mass is 315 g/mol. The third-order valence-electron chi connectivity index (χ3n) is 3.57. The number of ether oxygens (including phenoxy) is 1. The van der Waals surface area contributed by atoms with E-state index in [9.17, 15) is 22.8 Å². The normalized spacial score (nSPS) is 17.2. The van der Waals surface area contributed by atoms with E-state index in [0.717, 1.165) is 25.0 Å². The van der Waals surface area contributed by atoms with Crippen molar-refractivity contribution in [3.63, 3.8) is 0 Å². The average molecular weight is 315 g/mol. The summed E-state index contributed by atoms with van der Waals surface area (Å²) >= 11 is 0. The Labute approximate surface area is 125 Å². The van der Waals surface area contributed by atoms with Gasteiger partial charge in [-0.05, 0) is 43.6 Å². The van der Waals surface area contributed by atoms with Crippen molar-refractivity contribution in [2.45, 2.75) is 31.7 Å². The Hall–Kier alpha value is -1.89. The number of likely N-dealkylation sites (tertiary alicyclic amines) is 1. The number of carbonyl (C=O) groups excluding carboxylic acids is 2. The number of esters is 1. The Morgan fingerprint density at radius 1 is 1.23 bits per heavy atom. The first-order valence-electron chi connectivity index (χ1n) is 6.94. The minimum absolute atomic E-state index is 0.158. The van der Waals surface area contributed by atoms with E-state index >= 15 is 0 Å². The molecule has 7 heteroatoms. The second-order valence-corrected chi connectivity index (χ2v) is 5.13. The Kier molecular flexibility index (Phi) is 5.18. The number of rotatable bonds is 5. The standard InChI is InChI=1S/C15H16F3NO3/c16-15(17,18)12-5-3-11(4-6-12)10-22-14(21)13(9-20)19-7-1-2-8-19/h3-6,9,13H,1-2,7-8,10H2. The van der Waals surface area contributed by atoms with Crippen LogP contribution in [0.4, 0.5) is 13.2 Å². The van der Waals surface area contributed by atoms with Gasteiger partial charge in [0.25, 0.3) is 0 Å². The molecule has 0 aliphatic carbocycles. The van der Waals surface area contributed by atoms with E-state index in [0.29, 0.717) is 24.9 Å². The van der Waals surface area contributed by atoms with Crippen LogP contribution in [0.1, 0.15) is 24.0 Å². The third kappa shape index (κ3) is 4.07. The Bertz CT molecular complexity index is 522. The Morgan fingerprint density at radius 3 is 2.32 bits per heavy atom. The highest BCUT2D eigenvalue weighted by Crippen LogP contribution is 2.29. The van der Waals surface area contributed by atoms with E-state index in [1.165, 1.54) is 12.1 Å². The zero-order chi connectivity index (χ0) is 16.2. The molecule has 0 spiro atoms. The lowest BCUT2D eigenvalue weighted by Crippen LogP contribution is -2.41. The van der Waals surface area contributed by atoms with E-state index in [2.05, 4.69) is 0 Å². The van der Waals surface area contributed by atoms with Crippen LogP contribution in [0, 0.1) is 0 Å². The van der Waals surface area contributed by atoms with Gasteiger partial charge < -0.3 is 9.53 Å². The lowest BCUT2D eigenvalue weighted by molar-refractivity contribution is -0.152. The molecule has 22 heavy (non-hydrogen) atoms. The highest BCUT2D eigenvalue weighted by atomic mass is 19.4. The molecular weight excluding hydrogens is 299 g/mol. The van der Waals surface area contributed by atoms with Crippen molar-refractivity contribution >= 4 is 12.3 Å². The lowest BCUT2D eigenvalue weighted by Gasteiger charge is -2.20. The summed E-state index contributed by atoms with van der Waals surface area (Å²) in [5, 5.41) is 0. The van der Waals surface area contributed by atoms with Gasteiger partial charge in [0.1, 0.15) is 12.9 Å². The molecule has 1 aromatic rings. The maximum Gasteiger partial charge on any atom is 0.416 e. The summed E-state index contributed by atoms with van der Waals surface area (Å²) in [7, 11) is 0. The molecule has 1 atom stereocenters. The molecule has 0 aromatic heterocycles. The van der Waals surface area contributed by atoms with Gasteiger partial charge >= 0.3 is 12.1 Å². The molecule has 1 saturated heterocycles. The first-order valence-corrected chi connectivity index (χ1v) is 6.94. The average Bonchev–Trinajstić information content (AvgIpc) is 2.99. The minimum atomic E-state index is -4.40. The number of benzene rings is 1. The van der Waals surface area contributed by atoms with Gasteiger partial charge in [0.2, 0.25) is 0 Å². The van der Waals surface area contributed by atoms with Gasteiger partial charge in [-0.15, -0.1) is 0 Å². The van der Waals surface area contributed by atoms with Crippen molar-refractivity contribution in [1.82, 2.24) is 4.90 Å². The fraction of sp³-hybridized carbons (Fsp3) is 0.467. The molecule has 1 aromatic carbocycles. The molecule has 120 valence electrons. The van der Waals surface area contributed by atoms with Crippen LogP contribution in [0.5, 0.6) is 0 Å². The van der Waals surface area contributed by atoms with E-state index in [4.69, 9.17) is 4.74 Å². The zero-order valence-corrected chi connectivity index (χ0v) is 11.8. The number of alkyl halides is 3. The number of hydrogen-bond donors (Lipinski definition) is 0. The predicted octanol–water partition coefficient (Wildman–Crippen LogP) is 2.41. The summed E-state index contributed by atoms with van der Waals surface area (Å²) in [5.74, 6) is -0.670. The van der Waals surface area contributed by atoms with Crippen LogP contribution in [-0.2, 0) is 27.1 Å². The summed E-state index contributed by atoms with van der Waals surface area (Å²) in [6.07, 6.45) is -2.00. The van der Waals surface area contributed by atoms with Crippen LogP contribution in [0.2, 0.25) is 0 Å². The van der Waals surface area contributed by atoms with Gasteiger partial charge in [0.15, 0.2) is 6.04 Å². The molecule has 0 bridgehead atoms. The van der Waals surface area contributed by atoms with Gasteiger partial charge in [0, 0.05) is 0 Å². The predicted molar refractivity (Wildman–Crippen MR) is 71.9 cm³/mol. The van der Waals surface area contributed by atoms with Crippen LogP contribution in [0.15, 0.2) is 24.3 Å².